The summed E-state index contributed by atoms with van der Waals surface area (Å²) in [6.45, 7) is 0. The van der Waals surface area contributed by atoms with Gasteiger partial charge in [0.05, 0.1) is 11.2 Å². The van der Waals surface area contributed by atoms with Crippen LogP contribution in [0.3, 0.4) is 0 Å². The van der Waals surface area contributed by atoms with Gasteiger partial charge in [-0.25, -0.2) is 4.68 Å². The van der Waals surface area contributed by atoms with Crippen LogP contribution in [0.5, 0.6) is 0 Å². The van der Waals surface area contributed by atoms with E-state index in [0.29, 0.717) is 0 Å². The maximum Gasteiger partial charge on any atom is 0.0948 e. The van der Waals surface area contributed by atoms with E-state index in [1.807, 2.05) is 53.3 Å². The summed E-state index contributed by atoms with van der Waals surface area (Å²) in [7, 11) is 0. The molecule has 0 fully saturated rings. The molecular formula is C13H10ClN3. The molecule has 3 aromatic rings. The van der Waals surface area contributed by atoms with E-state index in [4.69, 9.17) is 17.3 Å². The summed E-state index contributed by atoms with van der Waals surface area (Å²) >= 11 is 5.85. The minimum Gasteiger partial charge on any atom is -0.399 e. The first kappa shape index (κ1) is 10.2. The number of hydrogen-bond donors (Lipinski definition) is 1. The molecule has 0 aliphatic rings. The number of benzene rings is 2. The second-order valence-corrected chi connectivity index (χ2v) is 4.30. The highest BCUT2D eigenvalue weighted by Gasteiger charge is 2.02. The molecule has 4 heteroatoms. The summed E-state index contributed by atoms with van der Waals surface area (Å²) in [5.41, 5.74) is 8.31. The highest BCUT2D eigenvalue weighted by molar-refractivity contribution is 6.30. The van der Waals surface area contributed by atoms with Crippen molar-refractivity contribution in [3.63, 3.8) is 0 Å². The number of halogens is 1. The minimum atomic E-state index is 0.717. The van der Waals surface area contributed by atoms with Crippen molar-refractivity contribution in [3.8, 4) is 5.69 Å². The van der Waals surface area contributed by atoms with Gasteiger partial charge < -0.3 is 5.73 Å². The fourth-order valence-electron chi connectivity index (χ4n) is 1.76. The smallest absolute Gasteiger partial charge is 0.0948 e. The van der Waals surface area contributed by atoms with Crippen molar-refractivity contribution in [1.82, 2.24) is 9.78 Å². The van der Waals surface area contributed by atoms with Gasteiger partial charge in [0, 0.05) is 22.3 Å². The molecule has 0 bridgehead atoms. The lowest BCUT2D eigenvalue weighted by atomic mass is 10.2. The SMILES string of the molecule is Nc1ccc2cn(-c3ccc(Cl)cc3)nc2c1. The van der Waals surface area contributed by atoms with Crippen LogP contribution >= 0.6 is 11.6 Å². The lowest BCUT2D eigenvalue weighted by molar-refractivity contribution is 0.896. The normalized spacial score (nSPS) is 10.9. The maximum absolute atomic E-state index is 5.85. The van der Waals surface area contributed by atoms with Crippen LogP contribution in [0, 0.1) is 0 Å². The Morgan fingerprint density at radius 1 is 1.06 bits per heavy atom. The van der Waals surface area contributed by atoms with E-state index in [-0.39, 0.29) is 0 Å². The minimum absolute atomic E-state index is 0.717. The van der Waals surface area contributed by atoms with E-state index in [9.17, 15) is 0 Å². The highest BCUT2D eigenvalue weighted by atomic mass is 35.5. The van der Waals surface area contributed by atoms with Crippen molar-refractivity contribution in [1.29, 1.82) is 0 Å². The zero-order chi connectivity index (χ0) is 11.8. The van der Waals surface area contributed by atoms with Crippen LogP contribution in [0.25, 0.3) is 16.6 Å². The molecular weight excluding hydrogens is 234 g/mol. The number of nitrogens with zero attached hydrogens (tertiary/aromatic N) is 2. The molecule has 0 atom stereocenters. The van der Waals surface area contributed by atoms with Crippen LogP contribution in [0.15, 0.2) is 48.7 Å². The van der Waals surface area contributed by atoms with E-state index in [0.717, 1.165) is 27.3 Å². The molecule has 0 unspecified atom stereocenters. The summed E-state index contributed by atoms with van der Waals surface area (Å²) in [5.74, 6) is 0. The molecule has 3 nitrogen and oxygen atoms in total. The van der Waals surface area contributed by atoms with Gasteiger partial charge in [-0.15, -0.1) is 0 Å². The molecule has 0 saturated carbocycles. The molecule has 2 aromatic carbocycles. The Morgan fingerprint density at radius 3 is 2.59 bits per heavy atom. The second-order valence-electron chi connectivity index (χ2n) is 3.87. The molecule has 0 saturated heterocycles. The van der Waals surface area contributed by atoms with Crippen LogP contribution < -0.4 is 5.73 Å². The lowest BCUT2D eigenvalue weighted by Crippen LogP contribution is -1.93. The van der Waals surface area contributed by atoms with E-state index in [2.05, 4.69) is 5.10 Å². The summed E-state index contributed by atoms with van der Waals surface area (Å²) in [4.78, 5) is 0. The van der Waals surface area contributed by atoms with Crippen LogP contribution in [0.1, 0.15) is 0 Å². The fraction of sp³-hybridized carbons (Fsp3) is 0. The van der Waals surface area contributed by atoms with Crippen LogP contribution in [0.2, 0.25) is 5.02 Å². The third-order valence-corrected chi connectivity index (χ3v) is 2.87. The third-order valence-electron chi connectivity index (χ3n) is 2.62. The third kappa shape index (κ3) is 1.85. The zero-order valence-electron chi connectivity index (χ0n) is 8.97. The first-order valence-electron chi connectivity index (χ1n) is 5.23. The number of hydrogen-bond acceptors (Lipinski definition) is 2. The van der Waals surface area contributed by atoms with Crippen molar-refractivity contribution >= 4 is 28.2 Å². The molecule has 1 heterocycles. The molecule has 1 aromatic heterocycles. The maximum atomic E-state index is 5.85. The summed E-state index contributed by atoms with van der Waals surface area (Å²) in [6.07, 6.45) is 1.97. The Morgan fingerprint density at radius 2 is 1.82 bits per heavy atom. The molecule has 0 aliphatic heterocycles. The van der Waals surface area contributed by atoms with E-state index in [1.165, 1.54) is 0 Å². The van der Waals surface area contributed by atoms with Gasteiger partial charge in [0.1, 0.15) is 0 Å². The van der Waals surface area contributed by atoms with Crippen LogP contribution in [0.4, 0.5) is 5.69 Å². The van der Waals surface area contributed by atoms with Gasteiger partial charge in [-0.05, 0) is 42.5 Å². The van der Waals surface area contributed by atoms with Crippen LogP contribution in [-0.4, -0.2) is 9.78 Å². The van der Waals surface area contributed by atoms with Crippen LogP contribution in [-0.2, 0) is 0 Å². The van der Waals surface area contributed by atoms with Gasteiger partial charge in [0.25, 0.3) is 0 Å². The number of nitrogens with two attached hydrogens (primary N) is 1. The molecule has 0 aliphatic carbocycles. The topological polar surface area (TPSA) is 43.8 Å². The predicted molar refractivity (Wildman–Crippen MR) is 70.5 cm³/mol. The monoisotopic (exact) mass is 243 g/mol. The first-order valence-corrected chi connectivity index (χ1v) is 5.61. The van der Waals surface area contributed by atoms with E-state index in [1.54, 1.807) is 0 Å². The molecule has 3 rings (SSSR count). The van der Waals surface area contributed by atoms with Crippen molar-refractivity contribution < 1.29 is 0 Å². The van der Waals surface area contributed by atoms with Crippen molar-refractivity contribution in [2.45, 2.75) is 0 Å². The Hall–Kier alpha value is -2.00. The number of aromatic nitrogens is 2. The Bertz CT molecular complexity index is 671. The van der Waals surface area contributed by atoms with Gasteiger partial charge in [-0.1, -0.05) is 11.6 Å². The average Bonchev–Trinajstić information content (AvgIpc) is 2.72. The largest absolute Gasteiger partial charge is 0.399 e. The standard InChI is InChI=1S/C13H10ClN3/c14-10-2-5-12(6-3-10)17-8-9-1-4-11(15)7-13(9)16-17/h1-8H,15H2. The Labute approximate surface area is 103 Å². The van der Waals surface area contributed by atoms with E-state index < -0.39 is 0 Å². The molecule has 2 N–H and O–H groups in total. The second kappa shape index (κ2) is 3.79. The zero-order valence-corrected chi connectivity index (χ0v) is 9.72. The lowest BCUT2D eigenvalue weighted by Gasteiger charge is -1.99. The fourth-order valence-corrected chi connectivity index (χ4v) is 1.89. The molecule has 0 spiro atoms. The van der Waals surface area contributed by atoms with Gasteiger partial charge in [0.2, 0.25) is 0 Å². The Balaban J connectivity index is 2.14. The predicted octanol–water partition coefficient (Wildman–Crippen LogP) is 3.26. The Kier molecular flexibility index (Phi) is 2.27. The molecule has 84 valence electrons. The number of nitrogen functional groups attached to an aromatic ring is 1. The van der Waals surface area contributed by atoms with Crippen molar-refractivity contribution in [2.75, 3.05) is 5.73 Å². The first-order chi connectivity index (χ1) is 8.22. The molecule has 0 radical (unpaired) electrons. The van der Waals surface area contributed by atoms with Crippen molar-refractivity contribution in [3.05, 3.63) is 53.7 Å². The van der Waals surface area contributed by atoms with E-state index >= 15 is 0 Å². The number of anilines is 1. The molecule has 0 amide bonds. The van der Waals surface area contributed by atoms with Gasteiger partial charge in [-0.2, -0.15) is 5.10 Å². The summed E-state index contributed by atoms with van der Waals surface area (Å²) in [5, 5.41) is 6.25. The molecule has 17 heavy (non-hydrogen) atoms. The number of fused-ring (bicyclic) bond motifs is 1. The highest BCUT2D eigenvalue weighted by Crippen LogP contribution is 2.19. The van der Waals surface area contributed by atoms with Crippen molar-refractivity contribution in [2.24, 2.45) is 0 Å². The quantitative estimate of drug-likeness (QED) is 0.667. The van der Waals surface area contributed by atoms with Gasteiger partial charge in [-0.3, -0.25) is 0 Å². The summed E-state index contributed by atoms with van der Waals surface area (Å²) in [6, 6.07) is 13.2. The average molecular weight is 244 g/mol. The van der Waals surface area contributed by atoms with Gasteiger partial charge >= 0.3 is 0 Å². The van der Waals surface area contributed by atoms with Gasteiger partial charge in [0.15, 0.2) is 0 Å². The summed E-state index contributed by atoms with van der Waals surface area (Å²) < 4.78 is 1.82. The number of rotatable bonds is 1.